The van der Waals surface area contributed by atoms with Gasteiger partial charge in [-0.3, -0.25) is 4.98 Å². The lowest BCUT2D eigenvalue weighted by atomic mass is 10.4. The highest BCUT2D eigenvalue weighted by atomic mass is 15.0. The van der Waals surface area contributed by atoms with Gasteiger partial charge in [-0.25, -0.2) is 9.97 Å². The Hall–Kier alpha value is -1.91. The molecular formula is C10H13N5. The van der Waals surface area contributed by atoms with Crippen molar-refractivity contribution in [3.63, 3.8) is 0 Å². The molecule has 0 atom stereocenters. The first-order chi connectivity index (χ1) is 7.36. The van der Waals surface area contributed by atoms with Gasteiger partial charge in [0, 0.05) is 37.8 Å². The molecule has 2 aromatic rings. The standard InChI is InChI=1S/C10H13N5/c1-8-10(15-7-4-11-8)14-3-2-9-12-5-6-13-9/h4-7H,2-3H2,1H3,(H,12,13)(H,14,15). The summed E-state index contributed by atoms with van der Waals surface area (Å²) >= 11 is 0. The van der Waals surface area contributed by atoms with Crippen molar-refractivity contribution in [2.45, 2.75) is 13.3 Å². The van der Waals surface area contributed by atoms with Crippen LogP contribution in [0, 0.1) is 6.92 Å². The lowest BCUT2D eigenvalue weighted by Crippen LogP contribution is -2.08. The van der Waals surface area contributed by atoms with E-state index in [0.29, 0.717) is 0 Å². The van der Waals surface area contributed by atoms with Gasteiger partial charge in [-0.15, -0.1) is 0 Å². The van der Waals surface area contributed by atoms with Gasteiger partial charge in [-0.2, -0.15) is 0 Å². The molecule has 0 aliphatic heterocycles. The number of rotatable bonds is 4. The summed E-state index contributed by atoms with van der Waals surface area (Å²) in [6.07, 6.45) is 7.80. The molecular weight excluding hydrogens is 190 g/mol. The minimum absolute atomic E-state index is 0.799. The number of imidazole rings is 1. The van der Waals surface area contributed by atoms with Crippen LogP contribution in [-0.2, 0) is 6.42 Å². The molecule has 0 unspecified atom stereocenters. The summed E-state index contributed by atoms with van der Waals surface area (Å²) in [7, 11) is 0. The Morgan fingerprint density at radius 3 is 2.80 bits per heavy atom. The van der Waals surface area contributed by atoms with Crippen LogP contribution in [0.1, 0.15) is 11.5 Å². The van der Waals surface area contributed by atoms with Gasteiger partial charge in [0.05, 0.1) is 5.69 Å². The molecule has 0 aliphatic rings. The van der Waals surface area contributed by atoms with Crippen molar-refractivity contribution in [3.05, 3.63) is 36.3 Å². The number of nitrogens with one attached hydrogen (secondary N) is 2. The monoisotopic (exact) mass is 203 g/mol. The number of aromatic nitrogens is 4. The lowest BCUT2D eigenvalue weighted by molar-refractivity contribution is 0.915. The van der Waals surface area contributed by atoms with E-state index < -0.39 is 0 Å². The summed E-state index contributed by atoms with van der Waals surface area (Å²) in [4.78, 5) is 15.5. The van der Waals surface area contributed by atoms with E-state index in [-0.39, 0.29) is 0 Å². The summed E-state index contributed by atoms with van der Waals surface area (Å²) in [6, 6.07) is 0. The van der Waals surface area contributed by atoms with Crippen LogP contribution in [0.4, 0.5) is 5.82 Å². The van der Waals surface area contributed by atoms with E-state index >= 15 is 0 Å². The highest BCUT2D eigenvalue weighted by molar-refractivity contribution is 5.38. The van der Waals surface area contributed by atoms with Crippen LogP contribution in [0.5, 0.6) is 0 Å². The molecule has 2 rings (SSSR count). The Labute approximate surface area is 88.0 Å². The molecule has 5 nitrogen and oxygen atoms in total. The smallest absolute Gasteiger partial charge is 0.147 e. The fraction of sp³-hybridized carbons (Fsp3) is 0.300. The largest absolute Gasteiger partial charge is 0.368 e. The van der Waals surface area contributed by atoms with Crippen LogP contribution in [0.3, 0.4) is 0 Å². The van der Waals surface area contributed by atoms with Gasteiger partial charge >= 0.3 is 0 Å². The molecule has 0 amide bonds. The molecule has 0 radical (unpaired) electrons. The van der Waals surface area contributed by atoms with Gasteiger partial charge in [-0.1, -0.05) is 0 Å². The predicted octanol–water partition coefficient (Wildman–Crippen LogP) is 1.16. The van der Waals surface area contributed by atoms with Crippen molar-refractivity contribution in [2.75, 3.05) is 11.9 Å². The zero-order chi connectivity index (χ0) is 10.5. The molecule has 0 spiro atoms. The summed E-state index contributed by atoms with van der Waals surface area (Å²) in [5, 5.41) is 3.22. The van der Waals surface area contributed by atoms with Crippen LogP contribution in [-0.4, -0.2) is 26.5 Å². The lowest BCUT2D eigenvalue weighted by Gasteiger charge is -2.05. The van der Waals surface area contributed by atoms with Crippen molar-refractivity contribution < 1.29 is 0 Å². The minimum atomic E-state index is 0.799. The van der Waals surface area contributed by atoms with E-state index in [9.17, 15) is 0 Å². The molecule has 0 aliphatic carbocycles. The molecule has 0 bridgehead atoms. The first-order valence-electron chi connectivity index (χ1n) is 4.86. The summed E-state index contributed by atoms with van der Waals surface area (Å²) in [5.41, 5.74) is 0.914. The van der Waals surface area contributed by atoms with E-state index in [1.165, 1.54) is 0 Å². The van der Waals surface area contributed by atoms with E-state index in [1.807, 2.05) is 13.1 Å². The van der Waals surface area contributed by atoms with Crippen LogP contribution in [0.2, 0.25) is 0 Å². The molecule has 0 aromatic carbocycles. The SMILES string of the molecule is Cc1nccnc1NCCc1ncc[nH]1. The third kappa shape index (κ3) is 2.52. The van der Waals surface area contributed by atoms with Crippen molar-refractivity contribution >= 4 is 5.82 Å². The molecule has 0 fully saturated rings. The first-order valence-corrected chi connectivity index (χ1v) is 4.86. The van der Waals surface area contributed by atoms with Crippen molar-refractivity contribution in [2.24, 2.45) is 0 Å². The normalized spacial score (nSPS) is 10.2. The molecule has 5 heteroatoms. The molecule has 2 N–H and O–H groups in total. The maximum absolute atomic E-state index is 4.19. The van der Waals surface area contributed by atoms with Crippen LogP contribution in [0.15, 0.2) is 24.8 Å². The van der Waals surface area contributed by atoms with Crippen LogP contribution >= 0.6 is 0 Å². The Morgan fingerprint density at radius 2 is 2.07 bits per heavy atom. The zero-order valence-corrected chi connectivity index (χ0v) is 8.57. The molecule has 0 saturated heterocycles. The number of anilines is 1. The third-order valence-corrected chi connectivity index (χ3v) is 2.09. The molecule has 78 valence electrons. The fourth-order valence-corrected chi connectivity index (χ4v) is 1.32. The van der Waals surface area contributed by atoms with Gasteiger partial charge in [0.1, 0.15) is 11.6 Å². The second kappa shape index (κ2) is 4.54. The quantitative estimate of drug-likeness (QED) is 0.782. The molecule has 0 saturated carbocycles. The van der Waals surface area contributed by atoms with Crippen molar-refractivity contribution in [1.82, 2.24) is 19.9 Å². The van der Waals surface area contributed by atoms with Crippen LogP contribution in [0.25, 0.3) is 0 Å². The van der Waals surface area contributed by atoms with E-state index in [1.54, 1.807) is 18.6 Å². The predicted molar refractivity (Wildman–Crippen MR) is 57.6 cm³/mol. The van der Waals surface area contributed by atoms with Gasteiger partial charge in [0.2, 0.25) is 0 Å². The van der Waals surface area contributed by atoms with E-state index in [2.05, 4.69) is 25.3 Å². The van der Waals surface area contributed by atoms with Crippen LogP contribution < -0.4 is 5.32 Å². The maximum atomic E-state index is 4.19. The highest BCUT2D eigenvalue weighted by Gasteiger charge is 1.99. The highest BCUT2D eigenvalue weighted by Crippen LogP contribution is 2.05. The second-order valence-corrected chi connectivity index (χ2v) is 3.20. The number of H-pyrrole nitrogens is 1. The van der Waals surface area contributed by atoms with Gasteiger partial charge in [0.15, 0.2) is 0 Å². The summed E-state index contributed by atoms with van der Waals surface area (Å²) in [5.74, 6) is 1.81. The fourth-order valence-electron chi connectivity index (χ4n) is 1.32. The van der Waals surface area contributed by atoms with Gasteiger partial charge < -0.3 is 10.3 Å². The number of aromatic amines is 1. The molecule has 2 aromatic heterocycles. The van der Waals surface area contributed by atoms with Crippen molar-refractivity contribution in [1.29, 1.82) is 0 Å². The zero-order valence-electron chi connectivity index (χ0n) is 8.57. The maximum Gasteiger partial charge on any atom is 0.147 e. The topological polar surface area (TPSA) is 66.5 Å². The van der Waals surface area contributed by atoms with Crippen molar-refractivity contribution in [3.8, 4) is 0 Å². The molecule has 15 heavy (non-hydrogen) atoms. The number of hydrogen-bond acceptors (Lipinski definition) is 4. The Morgan fingerprint density at radius 1 is 1.20 bits per heavy atom. The third-order valence-electron chi connectivity index (χ3n) is 2.09. The summed E-state index contributed by atoms with van der Waals surface area (Å²) < 4.78 is 0. The number of aryl methyl sites for hydroxylation is 1. The van der Waals surface area contributed by atoms with Gasteiger partial charge in [-0.05, 0) is 6.92 Å². The average molecular weight is 203 g/mol. The van der Waals surface area contributed by atoms with E-state index in [0.717, 1.165) is 30.3 Å². The first kappa shape index (κ1) is 9.64. The minimum Gasteiger partial charge on any atom is -0.368 e. The number of hydrogen-bond donors (Lipinski definition) is 2. The Kier molecular flexibility index (Phi) is 2.92. The Bertz CT molecular complexity index is 410. The number of nitrogens with zero attached hydrogens (tertiary/aromatic N) is 3. The average Bonchev–Trinajstić information content (AvgIpc) is 2.74. The molecule has 2 heterocycles. The van der Waals surface area contributed by atoms with Gasteiger partial charge in [0.25, 0.3) is 0 Å². The van der Waals surface area contributed by atoms with E-state index in [4.69, 9.17) is 0 Å². The second-order valence-electron chi connectivity index (χ2n) is 3.20. The Balaban J connectivity index is 1.86. The summed E-state index contributed by atoms with van der Waals surface area (Å²) in [6.45, 7) is 2.73.